The molecule has 0 aliphatic heterocycles. The van der Waals surface area contributed by atoms with Gasteiger partial charge in [-0.2, -0.15) is 0 Å². The lowest BCUT2D eigenvalue weighted by atomic mass is 9.95. The topological polar surface area (TPSA) is 0 Å². The molecule has 0 fully saturated rings. The van der Waals surface area contributed by atoms with Crippen LogP contribution in [0.3, 0.4) is 0 Å². The minimum atomic E-state index is -1.26. The van der Waals surface area contributed by atoms with Gasteiger partial charge in [-0.1, -0.05) is 79.7 Å². The van der Waals surface area contributed by atoms with Crippen molar-refractivity contribution in [2.75, 3.05) is 0 Å². The summed E-state index contributed by atoms with van der Waals surface area (Å²) in [6.07, 6.45) is 0. The number of hydrogen-bond acceptors (Lipinski definition) is 1. The number of hydrogen-bond donors (Lipinski definition) is 0. The molecule has 0 nitrogen and oxygen atoms in total. The SMILES string of the molecule is CC(C)(C)c1ccc(C[Si]([Si](C)(C)C)([Si](C)(C)C)[Si](C)(C)C)s1. The molecule has 0 radical (unpaired) electrons. The Morgan fingerprint density at radius 3 is 1.39 bits per heavy atom. The summed E-state index contributed by atoms with van der Waals surface area (Å²) in [6.45, 7) is 30.1. The van der Waals surface area contributed by atoms with Crippen molar-refractivity contribution in [3.63, 3.8) is 0 Å². The van der Waals surface area contributed by atoms with Crippen molar-refractivity contribution in [2.45, 2.75) is 91.2 Å². The fourth-order valence-electron chi connectivity index (χ4n) is 5.31. The van der Waals surface area contributed by atoms with E-state index in [-0.39, 0.29) is 0 Å². The predicted octanol–water partition coefficient (Wildman–Crippen LogP) is 6.83. The third kappa shape index (κ3) is 4.22. The molecule has 0 amide bonds. The highest BCUT2D eigenvalue weighted by Gasteiger charge is 2.61. The van der Waals surface area contributed by atoms with Gasteiger partial charge in [-0.05, 0) is 23.6 Å². The van der Waals surface area contributed by atoms with Crippen LogP contribution in [-0.4, -0.2) is 29.4 Å². The van der Waals surface area contributed by atoms with Gasteiger partial charge in [0.1, 0.15) is 0 Å². The Labute approximate surface area is 153 Å². The molecule has 0 N–H and O–H groups in total. The summed E-state index contributed by atoms with van der Waals surface area (Å²) >= 11 is 2.12. The van der Waals surface area contributed by atoms with Crippen molar-refractivity contribution >= 4 is 40.7 Å². The highest BCUT2D eigenvalue weighted by molar-refractivity contribution is 7.89. The zero-order valence-electron chi connectivity index (χ0n) is 17.8. The minimum absolute atomic E-state index is 0.296. The Bertz CT molecular complexity index is 497. The molecule has 0 saturated heterocycles. The summed E-state index contributed by atoms with van der Waals surface area (Å²) in [5.74, 6) is 0. The quantitative estimate of drug-likeness (QED) is 0.475. The summed E-state index contributed by atoms with van der Waals surface area (Å²) in [5.41, 5.74) is 0.296. The summed E-state index contributed by atoms with van der Waals surface area (Å²) in [4.78, 5) is 3.27. The van der Waals surface area contributed by atoms with Gasteiger partial charge in [0.05, 0.1) is 0 Å². The molecule has 23 heavy (non-hydrogen) atoms. The molecule has 1 aromatic heterocycles. The first-order valence-electron chi connectivity index (χ1n) is 9.03. The van der Waals surface area contributed by atoms with E-state index in [0.29, 0.717) is 5.41 Å². The van der Waals surface area contributed by atoms with E-state index >= 15 is 0 Å². The van der Waals surface area contributed by atoms with E-state index in [0.717, 1.165) is 0 Å². The third-order valence-corrected chi connectivity index (χ3v) is 81.2. The van der Waals surface area contributed by atoms with E-state index in [2.05, 4.69) is 103 Å². The second-order valence-electron chi connectivity index (χ2n) is 11.3. The third-order valence-electron chi connectivity index (χ3n) is 5.68. The molecule has 0 aliphatic carbocycles. The van der Waals surface area contributed by atoms with Crippen molar-refractivity contribution in [1.29, 1.82) is 0 Å². The minimum Gasteiger partial charge on any atom is -0.145 e. The average Bonchev–Trinajstić information content (AvgIpc) is 2.67. The van der Waals surface area contributed by atoms with Crippen LogP contribution in [0.5, 0.6) is 0 Å². The summed E-state index contributed by atoms with van der Waals surface area (Å²) < 4.78 is 0. The molecule has 0 spiro atoms. The van der Waals surface area contributed by atoms with Gasteiger partial charge < -0.3 is 0 Å². The molecular weight excluding hydrogens is 361 g/mol. The maximum atomic E-state index is 2.70. The zero-order chi connectivity index (χ0) is 18.5. The first-order valence-corrected chi connectivity index (χ1v) is 25.5. The Morgan fingerprint density at radius 2 is 1.13 bits per heavy atom. The Kier molecular flexibility index (Phi) is 5.99. The predicted molar refractivity (Wildman–Crippen MR) is 123 cm³/mol. The first kappa shape index (κ1) is 21.6. The van der Waals surface area contributed by atoms with Gasteiger partial charge >= 0.3 is 0 Å². The first-order chi connectivity index (χ1) is 9.93. The van der Waals surface area contributed by atoms with Gasteiger partial charge in [0, 0.05) is 39.2 Å². The van der Waals surface area contributed by atoms with Gasteiger partial charge in [0.2, 0.25) is 0 Å². The van der Waals surface area contributed by atoms with E-state index in [1.54, 1.807) is 9.75 Å². The lowest BCUT2D eigenvalue weighted by molar-refractivity contribution is 0.604. The fraction of sp³-hybridized carbons (Fsp3) is 0.778. The van der Waals surface area contributed by atoms with Gasteiger partial charge in [-0.25, -0.2) is 0 Å². The summed E-state index contributed by atoms with van der Waals surface area (Å²) in [5, 5.41) is 0. The molecule has 0 bridgehead atoms. The maximum absolute atomic E-state index is 2.70. The smallest absolute Gasteiger partial charge is 0.0430 e. The molecule has 1 rings (SSSR count). The van der Waals surface area contributed by atoms with E-state index in [1.807, 2.05) is 0 Å². The van der Waals surface area contributed by atoms with Crippen molar-refractivity contribution < 1.29 is 0 Å². The highest BCUT2D eigenvalue weighted by Crippen LogP contribution is 2.41. The average molecular weight is 401 g/mol. The van der Waals surface area contributed by atoms with Crippen molar-refractivity contribution in [2.24, 2.45) is 0 Å². The molecule has 0 atom stereocenters. The Hall–Kier alpha value is 0.568. The molecule has 5 heteroatoms. The molecule has 0 aliphatic rings. The van der Waals surface area contributed by atoms with E-state index < -0.39 is 29.4 Å². The summed E-state index contributed by atoms with van der Waals surface area (Å²) in [6, 6.07) is 6.38. The van der Waals surface area contributed by atoms with Crippen LogP contribution >= 0.6 is 11.3 Å². The van der Waals surface area contributed by atoms with Crippen LogP contribution in [0.15, 0.2) is 12.1 Å². The van der Waals surface area contributed by atoms with Gasteiger partial charge in [-0.3, -0.25) is 0 Å². The van der Waals surface area contributed by atoms with Crippen molar-refractivity contribution in [3.05, 3.63) is 21.9 Å². The fourth-order valence-corrected chi connectivity index (χ4v) is 105. The van der Waals surface area contributed by atoms with Crippen molar-refractivity contribution in [1.82, 2.24) is 0 Å². The molecule has 1 aromatic rings. The van der Waals surface area contributed by atoms with Crippen LogP contribution in [0.4, 0.5) is 0 Å². The zero-order valence-corrected chi connectivity index (χ0v) is 22.6. The maximum Gasteiger partial charge on any atom is 0.0430 e. The van der Waals surface area contributed by atoms with Gasteiger partial charge in [-0.15, -0.1) is 11.3 Å². The van der Waals surface area contributed by atoms with Crippen LogP contribution in [0.1, 0.15) is 30.5 Å². The van der Waals surface area contributed by atoms with Crippen LogP contribution < -0.4 is 0 Å². The van der Waals surface area contributed by atoms with Gasteiger partial charge in [0.25, 0.3) is 0 Å². The lowest BCUT2D eigenvalue weighted by Crippen LogP contribution is -2.83. The largest absolute Gasteiger partial charge is 0.145 e. The second-order valence-corrected chi connectivity index (χ2v) is 53.9. The number of thiophene rings is 1. The molecular formula is C18H40SSi4. The molecule has 1 heterocycles. The normalized spacial score (nSPS) is 15.1. The number of rotatable bonds is 5. The highest BCUT2D eigenvalue weighted by atomic mass is 32.1. The van der Waals surface area contributed by atoms with Gasteiger partial charge in [0.15, 0.2) is 0 Å². The second kappa shape index (κ2) is 6.38. The molecule has 0 aromatic carbocycles. The molecule has 134 valence electrons. The lowest BCUT2D eigenvalue weighted by Gasteiger charge is -2.57. The molecule has 0 saturated carbocycles. The van der Waals surface area contributed by atoms with E-state index in [1.165, 1.54) is 6.04 Å². The van der Waals surface area contributed by atoms with Crippen LogP contribution in [-0.2, 0) is 11.5 Å². The van der Waals surface area contributed by atoms with Crippen molar-refractivity contribution in [3.8, 4) is 0 Å². The standard InChI is InChI=1S/C18H40SSi4/c1-18(2,3)17-14-13-16(19-17)15-23(20(4,5)6,21(7,8)9)22(10,11)12/h13-14H,15H2,1-12H3. The Balaban J connectivity index is 3.46. The van der Waals surface area contributed by atoms with E-state index in [4.69, 9.17) is 0 Å². The Morgan fingerprint density at radius 1 is 0.739 bits per heavy atom. The van der Waals surface area contributed by atoms with Crippen LogP contribution in [0, 0.1) is 0 Å². The molecule has 0 unspecified atom stereocenters. The van der Waals surface area contributed by atoms with E-state index in [9.17, 15) is 0 Å². The van der Waals surface area contributed by atoms with Crippen LogP contribution in [0.25, 0.3) is 0 Å². The monoisotopic (exact) mass is 400 g/mol. The van der Waals surface area contributed by atoms with Crippen LogP contribution in [0.2, 0.25) is 58.9 Å². The summed E-state index contributed by atoms with van der Waals surface area (Å²) in [7, 11) is -3.47.